The first-order valence-electron chi connectivity index (χ1n) is 7.38. The number of hydrogen-bond acceptors (Lipinski definition) is 3. The molecule has 2 nitrogen and oxygen atoms in total. The van der Waals surface area contributed by atoms with E-state index in [9.17, 15) is 0 Å². The molecule has 3 rings (SSSR count). The molecule has 0 radical (unpaired) electrons. The molecule has 1 unspecified atom stereocenters. The van der Waals surface area contributed by atoms with Gasteiger partial charge in [-0.15, -0.1) is 11.3 Å². The van der Waals surface area contributed by atoms with E-state index in [0.717, 1.165) is 12.1 Å². The van der Waals surface area contributed by atoms with Crippen LogP contribution in [-0.2, 0) is 11.8 Å². The first-order chi connectivity index (χ1) is 9.74. The number of hydrogen-bond donors (Lipinski definition) is 1. The minimum Gasteiger partial charge on any atom is -0.316 e. The molecule has 0 bridgehead atoms. The topological polar surface area (TPSA) is 24.9 Å². The lowest BCUT2D eigenvalue weighted by molar-refractivity contribution is 0.174. The SMILES string of the molecule is CNC(Cc1nc(C)cs1)C1(c2ccccc2)CCC1. The van der Waals surface area contributed by atoms with Gasteiger partial charge in [-0.25, -0.2) is 4.98 Å². The van der Waals surface area contributed by atoms with Gasteiger partial charge in [-0.2, -0.15) is 0 Å². The van der Waals surface area contributed by atoms with Crippen molar-refractivity contribution in [3.05, 3.63) is 52.0 Å². The maximum absolute atomic E-state index is 4.64. The molecule has 1 heterocycles. The summed E-state index contributed by atoms with van der Waals surface area (Å²) in [5, 5.41) is 6.97. The average molecular weight is 286 g/mol. The largest absolute Gasteiger partial charge is 0.316 e. The number of thiazole rings is 1. The quantitative estimate of drug-likeness (QED) is 0.906. The fraction of sp³-hybridized carbons (Fsp3) is 0.471. The second-order valence-corrected chi connectivity index (χ2v) is 6.75. The molecule has 1 aliphatic carbocycles. The van der Waals surface area contributed by atoms with Crippen LogP contribution in [0.4, 0.5) is 0 Å². The van der Waals surface area contributed by atoms with Crippen molar-refractivity contribution < 1.29 is 0 Å². The highest BCUT2D eigenvalue weighted by Gasteiger charge is 2.44. The van der Waals surface area contributed by atoms with Crippen molar-refractivity contribution in [2.45, 2.75) is 44.1 Å². The summed E-state index contributed by atoms with van der Waals surface area (Å²) in [5.41, 5.74) is 2.93. The maximum atomic E-state index is 4.64. The van der Waals surface area contributed by atoms with Gasteiger partial charge in [0.2, 0.25) is 0 Å². The van der Waals surface area contributed by atoms with Gasteiger partial charge in [0.25, 0.3) is 0 Å². The standard InChI is InChI=1S/C17H22N2S/c1-13-12-20-16(19-13)11-15(18-2)17(9-6-10-17)14-7-4-3-5-8-14/h3-5,7-8,12,15,18H,6,9-11H2,1-2H3. The van der Waals surface area contributed by atoms with Crippen molar-refractivity contribution in [3.8, 4) is 0 Å². The molecule has 1 aliphatic rings. The number of benzene rings is 1. The number of aromatic nitrogens is 1. The number of rotatable bonds is 5. The Balaban J connectivity index is 1.86. The molecule has 106 valence electrons. The average Bonchev–Trinajstić information content (AvgIpc) is 2.83. The van der Waals surface area contributed by atoms with Gasteiger partial charge in [0.15, 0.2) is 0 Å². The molecule has 0 aliphatic heterocycles. The van der Waals surface area contributed by atoms with Gasteiger partial charge < -0.3 is 5.32 Å². The lowest BCUT2D eigenvalue weighted by atomic mass is 9.59. The zero-order valence-electron chi connectivity index (χ0n) is 12.2. The number of nitrogens with zero attached hydrogens (tertiary/aromatic N) is 1. The molecule has 2 aromatic rings. The molecule has 0 amide bonds. The van der Waals surface area contributed by atoms with E-state index in [4.69, 9.17) is 0 Å². The molecule has 1 N–H and O–H groups in total. The highest BCUT2D eigenvalue weighted by Crippen LogP contribution is 2.47. The molecule has 1 saturated carbocycles. The van der Waals surface area contributed by atoms with Crippen LogP contribution in [0.15, 0.2) is 35.7 Å². The molecule has 1 aromatic carbocycles. The monoisotopic (exact) mass is 286 g/mol. The highest BCUT2D eigenvalue weighted by molar-refractivity contribution is 7.09. The summed E-state index contributed by atoms with van der Waals surface area (Å²) >= 11 is 1.79. The summed E-state index contributed by atoms with van der Waals surface area (Å²) < 4.78 is 0. The Kier molecular flexibility index (Phi) is 3.90. The summed E-state index contributed by atoms with van der Waals surface area (Å²) in [7, 11) is 2.09. The molecular weight excluding hydrogens is 264 g/mol. The van der Waals surface area contributed by atoms with Crippen molar-refractivity contribution >= 4 is 11.3 Å². The Labute approximate surface area is 125 Å². The Morgan fingerprint density at radius 2 is 2.05 bits per heavy atom. The fourth-order valence-electron chi connectivity index (χ4n) is 3.41. The van der Waals surface area contributed by atoms with Crippen LogP contribution in [0.1, 0.15) is 35.5 Å². The molecule has 1 atom stereocenters. The van der Waals surface area contributed by atoms with E-state index < -0.39 is 0 Å². The van der Waals surface area contributed by atoms with Gasteiger partial charge in [-0.3, -0.25) is 0 Å². The van der Waals surface area contributed by atoms with E-state index in [0.29, 0.717) is 11.5 Å². The molecule has 0 spiro atoms. The van der Waals surface area contributed by atoms with E-state index >= 15 is 0 Å². The van der Waals surface area contributed by atoms with Crippen molar-refractivity contribution in [3.63, 3.8) is 0 Å². The summed E-state index contributed by atoms with van der Waals surface area (Å²) in [5.74, 6) is 0. The molecule has 20 heavy (non-hydrogen) atoms. The third-order valence-corrected chi connectivity index (χ3v) is 5.64. The zero-order valence-corrected chi connectivity index (χ0v) is 13.0. The van der Waals surface area contributed by atoms with Gasteiger partial charge in [-0.05, 0) is 32.4 Å². The van der Waals surface area contributed by atoms with E-state index in [1.165, 1.54) is 29.8 Å². The Morgan fingerprint density at radius 3 is 2.55 bits per heavy atom. The first-order valence-corrected chi connectivity index (χ1v) is 8.26. The summed E-state index contributed by atoms with van der Waals surface area (Å²) in [6.45, 7) is 2.07. The Bertz CT molecular complexity index is 557. The fourth-order valence-corrected chi connectivity index (χ4v) is 4.23. The van der Waals surface area contributed by atoms with Gasteiger partial charge >= 0.3 is 0 Å². The summed E-state index contributed by atoms with van der Waals surface area (Å²) in [6.07, 6.45) is 4.94. The van der Waals surface area contributed by atoms with Crippen LogP contribution in [0.5, 0.6) is 0 Å². The Morgan fingerprint density at radius 1 is 1.30 bits per heavy atom. The normalized spacial score (nSPS) is 18.5. The van der Waals surface area contributed by atoms with Gasteiger partial charge in [0.05, 0.1) is 5.01 Å². The van der Waals surface area contributed by atoms with Crippen molar-refractivity contribution in [1.29, 1.82) is 0 Å². The Hall–Kier alpha value is -1.19. The second-order valence-electron chi connectivity index (χ2n) is 5.80. The van der Waals surface area contributed by atoms with Crippen molar-refractivity contribution in [1.82, 2.24) is 10.3 Å². The first kappa shape index (κ1) is 13.8. The molecule has 3 heteroatoms. The molecule has 1 fully saturated rings. The van der Waals surface area contributed by atoms with Crippen LogP contribution in [0.3, 0.4) is 0 Å². The van der Waals surface area contributed by atoms with Crippen LogP contribution < -0.4 is 5.32 Å². The van der Waals surface area contributed by atoms with Crippen LogP contribution in [0.25, 0.3) is 0 Å². The maximum Gasteiger partial charge on any atom is 0.0943 e. The van der Waals surface area contributed by atoms with Crippen LogP contribution in [0.2, 0.25) is 0 Å². The molecular formula is C17H22N2S. The second kappa shape index (κ2) is 5.66. The summed E-state index contributed by atoms with van der Waals surface area (Å²) in [4.78, 5) is 4.64. The smallest absolute Gasteiger partial charge is 0.0943 e. The zero-order chi connectivity index (χ0) is 14.0. The lowest BCUT2D eigenvalue weighted by Crippen LogP contribution is -2.52. The lowest BCUT2D eigenvalue weighted by Gasteiger charge is -2.48. The van der Waals surface area contributed by atoms with Crippen LogP contribution in [-0.4, -0.2) is 18.1 Å². The number of nitrogens with one attached hydrogen (secondary N) is 1. The molecule has 1 aromatic heterocycles. The molecule has 0 saturated heterocycles. The van der Waals surface area contributed by atoms with Gasteiger partial charge in [-0.1, -0.05) is 36.8 Å². The predicted molar refractivity (Wildman–Crippen MR) is 85.4 cm³/mol. The van der Waals surface area contributed by atoms with E-state index in [2.05, 4.69) is 60.0 Å². The minimum absolute atomic E-state index is 0.301. The number of aryl methyl sites for hydroxylation is 1. The van der Waals surface area contributed by atoms with E-state index in [1.54, 1.807) is 11.3 Å². The van der Waals surface area contributed by atoms with E-state index in [1.807, 2.05) is 0 Å². The summed E-state index contributed by atoms with van der Waals surface area (Å²) in [6, 6.07) is 11.5. The predicted octanol–water partition coefficient (Wildman–Crippen LogP) is 3.70. The van der Waals surface area contributed by atoms with Crippen LogP contribution in [0, 0.1) is 6.92 Å². The van der Waals surface area contributed by atoms with Gasteiger partial charge in [0, 0.05) is 29.0 Å². The number of likely N-dealkylation sites (N-methyl/N-ethyl adjacent to an activating group) is 1. The third kappa shape index (κ3) is 2.40. The van der Waals surface area contributed by atoms with Crippen LogP contribution >= 0.6 is 11.3 Å². The highest BCUT2D eigenvalue weighted by atomic mass is 32.1. The van der Waals surface area contributed by atoms with Crippen molar-refractivity contribution in [2.75, 3.05) is 7.05 Å². The minimum atomic E-state index is 0.301. The third-order valence-electron chi connectivity index (χ3n) is 4.66. The van der Waals surface area contributed by atoms with Crippen molar-refractivity contribution in [2.24, 2.45) is 0 Å². The van der Waals surface area contributed by atoms with E-state index in [-0.39, 0.29) is 0 Å². The van der Waals surface area contributed by atoms with Gasteiger partial charge in [0.1, 0.15) is 0 Å².